The predicted octanol–water partition coefficient (Wildman–Crippen LogP) is 3.04. The van der Waals surface area contributed by atoms with Crippen molar-refractivity contribution in [1.29, 1.82) is 0 Å². The Labute approximate surface area is 173 Å². The molecule has 0 radical (unpaired) electrons. The van der Waals surface area contributed by atoms with Gasteiger partial charge in [-0.05, 0) is 62.7 Å². The van der Waals surface area contributed by atoms with Crippen LogP contribution in [-0.2, 0) is 29.2 Å². The fraction of sp³-hybridized carbons (Fsp3) is 0.882. The van der Waals surface area contributed by atoms with E-state index in [1.165, 1.54) is 0 Å². The Morgan fingerprint density at radius 2 is 1.35 bits per heavy atom. The summed E-state index contributed by atoms with van der Waals surface area (Å²) in [6.45, 7) is -0.0438. The maximum Gasteiger partial charge on any atom is 0.430 e. The van der Waals surface area contributed by atoms with E-state index < -0.39 is 51.4 Å². The lowest BCUT2D eigenvalue weighted by atomic mass is 9.50. The zero-order chi connectivity index (χ0) is 23.6. The summed E-state index contributed by atoms with van der Waals surface area (Å²) in [5.74, 6) is -3.92. The minimum absolute atomic E-state index is 0.0364. The number of carbonyl (C=O) groups is 2. The second-order valence-electron chi connectivity index (χ2n) is 8.69. The average Bonchev–Trinajstić information content (AvgIpc) is 2.54. The fourth-order valence-electron chi connectivity index (χ4n) is 5.58. The van der Waals surface area contributed by atoms with Crippen LogP contribution in [0.5, 0.6) is 0 Å². The lowest BCUT2D eigenvalue weighted by molar-refractivity contribution is -0.269. The van der Waals surface area contributed by atoms with Crippen molar-refractivity contribution >= 4 is 22.1 Å². The van der Waals surface area contributed by atoms with E-state index in [4.69, 9.17) is 9.29 Å². The molecule has 1 N–H and O–H groups in total. The first-order chi connectivity index (χ1) is 13.9. The summed E-state index contributed by atoms with van der Waals surface area (Å²) in [4.78, 5) is 23.9. The van der Waals surface area contributed by atoms with Crippen molar-refractivity contribution in [2.24, 2.45) is 23.7 Å². The normalized spacial score (nSPS) is 33.3. The number of carbonyl (C=O) groups excluding carboxylic acids is 2. The summed E-state index contributed by atoms with van der Waals surface area (Å²) in [6.07, 6.45) is -9.48. The van der Waals surface area contributed by atoms with E-state index in [-0.39, 0.29) is 11.8 Å². The molecule has 0 aliphatic heterocycles. The number of esters is 2. The van der Waals surface area contributed by atoms with Gasteiger partial charge in [0.1, 0.15) is 5.60 Å². The molecule has 4 fully saturated rings. The Balaban J connectivity index is 1.75. The molecule has 7 nitrogen and oxygen atoms in total. The quantitative estimate of drug-likeness (QED) is 0.365. The molecule has 4 bridgehead atoms. The highest BCUT2D eigenvalue weighted by molar-refractivity contribution is 7.88. The summed E-state index contributed by atoms with van der Waals surface area (Å²) >= 11 is 0. The third-order valence-electron chi connectivity index (χ3n) is 6.89. The van der Waals surface area contributed by atoms with Gasteiger partial charge in [-0.2, -0.15) is 34.8 Å². The second-order valence-corrected chi connectivity index (χ2v) is 10.3. The summed E-state index contributed by atoms with van der Waals surface area (Å²) < 4.78 is 112. The van der Waals surface area contributed by atoms with Gasteiger partial charge in [0, 0.05) is 0 Å². The molecule has 0 atom stereocenters. The van der Waals surface area contributed by atoms with Crippen LogP contribution >= 0.6 is 0 Å². The first-order valence-corrected chi connectivity index (χ1v) is 10.9. The molecule has 4 rings (SSSR count). The Kier molecular flexibility index (Phi) is 5.61. The lowest BCUT2D eigenvalue weighted by Gasteiger charge is -2.59. The van der Waals surface area contributed by atoms with Crippen LogP contribution in [0.2, 0.25) is 0 Å². The van der Waals surface area contributed by atoms with Crippen molar-refractivity contribution in [3.05, 3.63) is 0 Å². The highest BCUT2D eigenvalue weighted by atomic mass is 32.2. The average molecular weight is 482 g/mol. The molecule has 0 amide bonds. The minimum Gasteiger partial charge on any atom is -0.456 e. The van der Waals surface area contributed by atoms with Crippen molar-refractivity contribution in [1.82, 2.24) is 0 Å². The highest BCUT2D eigenvalue weighted by Crippen LogP contribution is 2.59. The lowest BCUT2D eigenvalue weighted by Crippen LogP contribution is -2.67. The molecule has 31 heavy (non-hydrogen) atoms. The fourth-order valence-corrected chi connectivity index (χ4v) is 6.43. The van der Waals surface area contributed by atoms with E-state index in [0.717, 1.165) is 32.1 Å². The van der Waals surface area contributed by atoms with Crippen LogP contribution in [0.4, 0.5) is 26.3 Å². The Morgan fingerprint density at radius 3 is 1.71 bits per heavy atom. The number of rotatable bonds is 5. The van der Waals surface area contributed by atoms with Crippen molar-refractivity contribution in [3.63, 3.8) is 0 Å². The molecular formula is C17H20F6O7S. The monoisotopic (exact) mass is 482 g/mol. The van der Waals surface area contributed by atoms with Gasteiger partial charge < -0.3 is 9.47 Å². The van der Waals surface area contributed by atoms with Crippen LogP contribution in [0.25, 0.3) is 0 Å². The van der Waals surface area contributed by atoms with Gasteiger partial charge in [-0.25, -0.2) is 9.59 Å². The maximum atomic E-state index is 13.1. The molecular weight excluding hydrogens is 462 g/mol. The summed E-state index contributed by atoms with van der Waals surface area (Å²) in [5, 5.41) is 0. The molecule has 0 aromatic heterocycles. The van der Waals surface area contributed by atoms with Gasteiger partial charge in [0.15, 0.2) is 6.61 Å². The summed E-state index contributed by atoms with van der Waals surface area (Å²) in [6, 6.07) is 0. The van der Waals surface area contributed by atoms with E-state index in [0.29, 0.717) is 11.8 Å². The van der Waals surface area contributed by atoms with Crippen LogP contribution in [0.15, 0.2) is 0 Å². The molecule has 4 aliphatic carbocycles. The smallest absolute Gasteiger partial charge is 0.430 e. The molecule has 4 aliphatic rings. The van der Waals surface area contributed by atoms with Crippen LogP contribution in [0, 0.1) is 23.7 Å². The SMILES string of the molecule is CC1(OC(=O)COC(=O)C(C(F)(F)F)(C(F)(F)F)S(=O)(=O)O)C2CC3CC(C2)CC1C3. The number of alkyl halides is 6. The van der Waals surface area contributed by atoms with Crippen molar-refractivity contribution < 1.29 is 58.4 Å². The number of halogens is 6. The molecule has 4 saturated carbocycles. The van der Waals surface area contributed by atoms with E-state index in [1.807, 2.05) is 0 Å². The predicted molar refractivity (Wildman–Crippen MR) is 88.9 cm³/mol. The van der Waals surface area contributed by atoms with Crippen LogP contribution < -0.4 is 0 Å². The number of ether oxygens (including phenoxy) is 2. The van der Waals surface area contributed by atoms with Gasteiger partial charge in [-0.15, -0.1) is 0 Å². The first kappa shape index (κ1) is 24.1. The van der Waals surface area contributed by atoms with Crippen molar-refractivity contribution in [2.75, 3.05) is 6.61 Å². The molecule has 0 aromatic carbocycles. The molecule has 178 valence electrons. The van der Waals surface area contributed by atoms with Crippen molar-refractivity contribution in [2.45, 2.75) is 61.7 Å². The summed E-state index contributed by atoms with van der Waals surface area (Å²) in [7, 11) is -7.12. The second kappa shape index (κ2) is 7.22. The van der Waals surface area contributed by atoms with Crippen LogP contribution in [0.1, 0.15) is 39.0 Å². The highest BCUT2D eigenvalue weighted by Gasteiger charge is 2.85. The molecule has 14 heteroatoms. The van der Waals surface area contributed by atoms with E-state index in [9.17, 15) is 44.3 Å². The topological polar surface area (TPSA) is 107 Å². The van der Waals surface area contributed by atoms with Gasteiger partial charge in [0.05, 0.1) is 0 Å². The molecule has 0 saturated heterocycles. The Bertz CT molecular complexity index is 821. The maximum absolute atomic E-state index is 13.1. The van der Waals surface area contributed by atoms with Gasteiger partial charge >= 0.3 is 39.2 Å². The van der Waals surface area contributed by atoms with Gasteiger partial charge in [0.2, 0.25) is 0 Å². The zero-order valence-electron chi connectivity index (χ0n) is 16.1. The van der Waals surface area contributed by atoms with E-state index in [2.05, 4.69) is 4.74 Å². The molecule has 0 spiro atoms. The molecule has 0 unspecified atom stereocenters. The van der Waals surface area contributed by atoms with Crippen LogP contribution in [0.3, 0.4) is 0 Å². The van der Waals surface area contributed by atoms with Crippen molar-refractivity contribution in [3.8, 4) is 0 Å². The third kappa shape index (κ3) is 3.68. The number of hydrogen-bond acceptors (Lipinski definition) is 6. The Hall–Kier alpha value is -1.57. The van der Waals surface area contributed by atoms with E-state index >= 15 is 0 Å². The molecule has 0 heterocycles. The van der Waals surface area contributed by atoms with Gasteiger partial charge in [-0.3, -0.25) is 4.55 Å². The standard InChI is InChI=1S/C17H20F6O7S/c1-14(10-3-8-2-9(5-10)6-11(14)4-8)30-12(24)7-29-13(25)15(16(18,19)20,17(21,22)23)31(26,27)28/h8-11H,2-7H2,1H3,(H,26,27,28). The van der Waals surface area contributed by atoms with E-state index in [1.54, 1.807) is 6.92 Å². The summed E-state index contributed by atoms with van der Waals surface area (Å²) in [5.41, 5.74) is -1.01. The van der Waals surface area contributed by atoms with Gasteiger partial charge in [-0.1, -0.05) is 0 Å². The zero-order valence-corrected chi connectivity index (χ0v) is 16.9. The Morgan fingerprint density at radius 1 is 0.935 bits per heavy atom. The largest absolute Gasteiger partial charge is 0.456 e. The number of hydrogen-bond donors (Lipinski definition) is 1. The van der Waals surface area contributed by atoms with Gasteiger partial charge in [0.25, 0.3) is 0 Å². The van der Waals surface area contributed by atoms with Crippen LogP contribution in [-0.4, -0.2) is 54.2 Å². The third-order valence-corrected chi connectivity index (χ3v) is 8.29. The minimum atomic E-state index is -7.12. The molecule has 0 aromatic rings. The first-order valence-electron chi connectivity index (χ1n) is 9.43.